The summed E-state index contributed by atoms with van der Waals surface area (Å²) >= 11 is 0. The lowest BCUT2D eigenvalue weighted by Gasteiger charge is -2.13. The Kier molecular flexibility index (Phi) is 6.23. The summed E-state index contributed by atoms with van der Waals surface area (Å²) in [4.78, 5) is 12.6. The van der Waals surface area contributed by atoms with Crippen LogP contribution in [0.5, 0.6) is 23.0 Å². The number of carbonyl (C=O) groups excluding carboxylic acids is 1. The molecule has 8 nitrogen and oxygen atoms in total. The van der Waals surface area contributed by atoms with Crippen LogP contribution in [-0.2, 0) is 6.54 Å². The van der Waals surface area contributed by atoms with Gasteiger partial charge in [0.2, 0.25) is 5.75 Å². The molecule has 0 aliphatic rings. The number of hydrogen-bond acceptors (Lipinski definition) is 7. The summed E-state index contributed by atoms with van der Waals surface area (Å²) in [6.07, 6.45) is 0. The van der Waals surface area contributed by atoms with Crippen LogP contribution in [0.25, 0.3) is 11.3 Å². The van der Waals surface area contributed by atoms with E-state index in [1.807, 2.05) is 24.3 Å². The Bertz CT molecular complexity index is 956. The molecule has 0 atom stereocenters. The normalized spacial score (nSPS) is 10.3. The molecule has 29 heavy (non-hydrogen) atoms. The third kappa shape index (κ3) is 4.43. The molecule has 1 aromatic heterocycles. The molecule has 0 unspecified atom stereocenters. The molecule has 0 saturated heterocycles. The standard InChI is InChI=1S/C21H22N2O6/c1-25-16-7-5-13(6-8-16)17-11-15(23-29-17)12-22-21(24)14-9-18(26-2)20(28-4)19(10-14)27-3/h5-11H,12H2,1-4H3,(H,22,24). The molecule has 0 aliphatic heterocycles. The third-order valence-corrected chi connectivity index (χ3v) is 4.29. The van der Waals surface area contributed by atoms with Gasteiger partial charge in [-0.25, -0.2) is 0 Å². The average Bonchev–Trinajstić information content (AvgIpc) is 3.25. The molecule has 1 amide bonds. The Hall–Kier alpha value is -3.68. The highest BCUT2D eigenvalue weighted by Gasteiger charge is 2.17. The van der Waals surface area contributed by atoms with Crippen molar-refractivity contribution in [2.75, 3.05) is 28.4 Å². The predicted molar refractivity (Wildman–Crippen MR) is 106 cm³/mol. The van der Waals surface area contributed by atoms with Gasteiger partial charge in [0.15, 0.2) is 17.3 Å². The Labute approximate surface area is 168 Å². The zero-order chi connectivity index (χ0) is 20.8. The highest BCUT2D eigenvalue weighted by atomic mass is 16.5. The molecule has 1 heterocycles. The Morgan fingerprint density at radius 2 is 1.59 bits per heavy atom. The molecular formula is C21H22N2O6. The SMILES string of the molecule is COc1ccc(-c2cc(CNC(=O)c3cc(OC)c(OC)c(OC)c3)no2)cc1. The van der Waals surface area contributed by atoms with E-state index < -0.39 is 0 Å². The number of amides is 1. The van der Waals surface area contributed by atoms with Crippen LogP contribution in [0, 0.1) is 0 Å². The maximum absolute atomic E-state index is 12.6. The van der Waals surface area contributed by atoms with Gasteiger partial charge < -0.3 is 28.8 Å². The number of nitrogens with one attached hydrogen (secondary N) is 1. The molecular weight excluding hydrogens is 376 g/mol. The van der Waals surface area contributed by atoms with E-state index in [0.717, 1.165) is 11.3 Å². The number of carbonyl (C=O) groups is 1. The van der Waals surface area contributed by atoms with E-state index in [1.165, 1.54) is 21.3 Å². The van der Waals surface area contributed by atoms with Crippen LogP contribution in [0.1, 0.15) is 16.1 Å². The van der Waals surface area contributed by atoms with E-state index in [2.05, 4.69) is 10.5 Å². The number of ether oxygens (including phenoxy) is 4. The van der Waals surface area contributed by atoms with Gasteiger partial charge in [-0.3, -0.25) is 4.79 Å². The zero-order valence-electron chi connectivity index (χ0n) is 16.6. The Morgan fingerprint density at radius 3 is 2.14 bits per heavy atom. The number of methoxy groups -OCH3 is 4. The fourth-order valence-electron chi connectivity index (χ4n) is 2.77. The van der Waals surface area contributed by atoms with Gasteiger partial charge in [-0.2, -0.15) is 0 Å². The summed E-state index contributed by atoms with van der Waals surface area (Å²) in [5, 5.41) is 6.81. The second kappa shape index (κ2) is 9.01. The minimum Gasteiger partial charge on any atom is -0.497 e. The number of nitrogens with zero attached hydrogens (tertiary/aromatic N) is 1. The fraction of sp³-hybridized carbons (Fsp3) is 0.238. The predicted octanol–water partition coefficient (Wildman–Crippen LogP) is 3.31. The van der Waals surface area contributed by atoms with E-state index in [-0.39, 0.29) is 12.5 Å². The van der Waals surface area contributed by atoms with Crippen LogP contribution in [0.3, 0.4) is 0 Å². The maximum Gasteiger partial charge on any atom is 0.251 e. The van der Waals surface area contributed by atoms with Crippen molar-refractivity contribution in [2.45, 2.75) is 6.54 Å². The van der Waals surface area contributed by atoms with Gasteiger partial charge in [0, 0.05) is 17.2 Å². The van der Waals surface area contributed by atoms with E-state index >= 15 is 0 Å². The molecule has 152 valence electrons. The van der Waals surface area contributed by atoms with Gasteiger partial charge in [-0.1, -0.05) is 5.16 Å². The van der Waals surface area contributed by atoms with Gasteiger partial charge in [-0.15, -0.1) is 0 Å². The zero-order valence-corrected chi connectivity index (χ0v) is 16.6. The minimum atomic E-state index is -0.307. The third-order valence-electron chi connectivity index (χ3n) is 4.29. The second-order valence-corrected chi connectivity index (χ2v) is 6.01. The van der Waals surface area contributed by atoms with E-state index in [0.29, 0.717) is 34.3 Å². The smallest absolute Gasteiger partial charge is 0.251 e. The van der Waals surface area contributed by atoms with Crippen molar-refractivity contribution in [2.24, 2.45) is 0 Å². The Morgan fingerprint density at radius 1 is 0.931 bits per heavy atom. The highest BCUT2D eigenvalue weighted by molar-refractivity contribution is 5.95. The first kappa shape index (κ1) is 20.1. The van der Waals surface area contributed by atoms with E-state index in [1.54, 1.807) is 25.3 Å². The lowest BCUT2D eigenvalue weighted by Crippen LogP contribution is -2.23. The minimum absolute atomic E-state index is 0.204. The van der Waals surface area contributed by atoms with Crippen LogP contribution >= 0.6 is 0 Å². The lowest BCUT2D eigenvalue weighted by molar-refractivity contribution is 0.0949. The van der Waals surface area contributed by atoms with Gasteiger partial charge in [0.25, 0.3) is 5.91 Å². The van der Waals surface area contributed by atoms with Crippen LogP contribution in [-0.4, -0.2) is 39.5 Å². The molecule has 0 fully saturated rings. The van der Waals surface area contributed by atoms with Crippen molar-refractivity contribution in [3.63, 3.8) is 0 Å². The Balaban J connectivity index is 1.70. The summed E-state index contributed by atoms with van der Waals surface area (Å²) in [6.45, 7) is 0.204. The van der Waals surface area contributed by atoms with Crippen LogP contribution < -0.4 is 24.3 Å². The number of aromatic nitrogens is 1. The first-order chi connectivity index (χ1) is 14.1. The molecule has 0 spiro atoms. The van der Waals surface area contributed by atoms with Crippen molar-refractivity contribution in [3.8, 4) is 34.3 Å². The van der Waals surface area contributed by atoms with Crippen LogP contribution in [0.2, 0.25) is 0 Å². The summed E-state index contributed by atoms with van der Waals surface area (Å²) in [5.74, 6) is 2.28. The van der Waals surface area contributed by atoms with Crippen molar-refractivity contribution in [1.82, 2.24) is 10.5 Å². The first-order valence-electron chi connectivity index (χ1n) is 8.77. The molecule has 0 radical (unpaired) electrons. The average molecular weight is 398 g/mol. The van der Waals surface area contributed by atoms with Gasteiger partial charge in [-0.05, 0) is 36.4 Å². The molecule has 3 aromatic rings. The molecule has 8 heteroatoms. The molecule has 0 bridgehead atoms. The van der Waals surface area contributed by atoms with E-state index in [9.17, 15) is 4.79 Å². The summed E-state index contributed by atoms with van der Waals surface area (Å²) < 4.78 is 26.3. The topological polar surface area (TPSA) is 92.1 Å². The molecule has 0 aliphatic carbocycles. The monoisotopic (exact) mass is 398 g/mol. The fourth-order valence-corrected chi connectivity index (χ4v) is 2.77. The number of hydrogen-bond donors (Lipinski definition) is 1. The van der Waals surface area contributed by atoms with Crippen molar-refractivity contribution < 1.29 is 28.3 Å². The van der Waals surface area contributed by atoms with Gasteiger partial charge in [0.1, 0.15) is 11.4 Å². The largest absolute Gasteiger partial charge is 0.497 e. The number of benzene rings is 2. The van der Waals surface area contributed by atoms with Gasteiger partial charge >= 0.3 is 0 Å². The molecule has 2 aromatic carbocycles. The first-order valence-corrected chi connectivity index (χ1v) is 8.77. The second-order valence-electron chi connectivity index (χ2n) is 6.01. The molecule has 1 N–H and O–H groups in total. The van der Waals surface area contributed by atoms with Crippen molar-refractivity contribution in [3.05, 3.63) is 53.7 Å². The highest BCUT2D eigenvalue weighted by Crippen LogP contribution is 2.38. The molecule has 3 rings (SSSR count). The van der Waals surface area contributed by atoms with E-state index in [4.69, 9.17) is 23.5 Å². The quantitative estimate of drug-likeness (QED) is 0.622. The lowest BCUT2D eigenvalue weighted by atomic mass is 10.1. The summed E-state index contributed by atoms with van der Waals surface area (Å²) in [7, 11) is 6.10. The van der Waals surface area contributed by atoms with Crippen LogP contribution in [0.4, 0.5) is 0 Å². The maximum atomic E-state index is 12.6. The van der Waals surface area contributed by atoms with Crippen LogP contribution in [0.15, 0.2) is 47.0 Å². The van der Waals surface area contributed by atoms with Gasteiger partial charge in [0.05, 0.1) is 35.0 Å². The van der Waals surface area contributed by atoms with Crippen molar-refractivity contribution >= 4 is 5.91 Å². The summed E-state index contributed by atoms with van der Waals surface area (Å²) in [5.41, 5.74) is 1.83. The number of rotatable bonds is 8. The van der Waals surface area contributed by atoms with Crippen molar-refractivity contribution in [1.29, 1.82) is 0 Å². The molecule has 0 saturated carbocycles. The summed E-state index contributed by atoms with van der Waals surface area (Å²) in [6, 6.07) is 12.4.